The number of hydrogen-bond donors (Lipinski definition) is 2. The summed E-state index contributed by atoms with van der Waals surface area (Å²) in [5.74, 6) is 0.453. The lowest BCUT2D eigenvalue weighted by atomic mass is 10.3. The van der Waals surface area contributed by atoms with Crippen LogP contribution in [0, 0.1) is 6.92 Å². The van der Waals surface area contributed by atoms with Crippen molar-refractivity contribution >= 4 is 11.8 Å². The second-order valence-corrected chi connectivity index (χ2v) is 4.36. The third-order valence-corrected chi connectivity index (χ3v) is 2.62. The molecule has 0 saturated heterocycles. The summed E-state index contributed by atoms with van der Waals surface area (Å²) in [5, 5.41) is 11.7. The van der Waals surface area contributed by atoms with Gasteiger partial charge in [-0.05, 0) is 25.5 Å². The van der Waals surface area contributed by atoms with Crippen molar-refractivity contribution in [2.45, 2.75) is 19.8 Å². The van der Waals surface area contributed by atoms with E-state index in [2.05, 4.69) is 20.3 Å². The number of anilines is 1. The SMILES string of the molecule is Cc1cc(NCCCC(=O)O)nc(-c2ccccn2)n1. The van der Waals surface area contributed by atoms with Crippen LogP contribution in [0.15, 0.2) is 30.5 Å². The number of nitrogens with one attached hydrogen (secondary N) is 1. The molecule has 0 atom stereocenters. The Kier molecular flexibility index (Phi) is 4.60. The van der Waals surface area contributed by atoms with Gasteiger partial charge in [-0.15, -0.1) is 0 Å². The minimum absolute atomic E-state index is 0.143. The van der Waals surface area contributed by atoms with Gasteiger partial charge in [0.05, 0.1) is 0 Å². The molecule has 6 nitrogen and oxygen atoms in total. The van der Waals surface area contributed by atoms with Gasteiger partial charge in [0.2, 0.25) is 0 Å². The topological polar surface area (TPSA) is 88.0 Å². The zero-order valence-electron chi connectivity index (χ0n) is 11.2. The molecule has 0 spiro atoms. The molecule has 0 saturated carbocycles. The highest BCUT2D eigenvalue weighted by Gasteiger charge is 2.05. The van der Waals surface area contributed by atoms with E-state index < -0.39 is 5.97 Å². The van der Waals surface area contributed by atoms with Crippen LogP contribution < -0.4 is 5.32 Å². The second kappa shape index (κ2) is 6.60. The number of carboxylic acids is 1. The Bertz CT molecular complexity index is 587. The van der Waals surface area contributed by atoms with Crippen molar-refractivity contribution in [3.05, 3.63) is 36.2 Å². The van der Waals surface area contributed by atoms with Gasteiger partial charge in [-0.25, -0.2) is 9.97 Å². The normalized spacial score (nSPS) is 10.2. The molecular weight excluding hydrogens is 256 g/mol. The molecule has 0 unspecified atom stereocenters. The first-order valence-electron chi connectivity index (χ1n) is 6.38. The van der Waals surface area contributed by atoms with Gasteiger partial charge < -0.3 is 10.4 Å². The fourth-order valence-corrected chi connectivity index (χ4v) is 1.72. The first kappa shape index (κ1) is 13.9. The van der Waals surface area contributed by atoms with Gasteiger partial charge >= 0.3 is 5.97 Å². The van der Waals surface area contributed by atoms with E-state index >= 15 is 0 Å². The van der Waals surface area contributed by atoms with Crippen LogP contribution in [-0.4, -0.2) is 32.6 Å². The van der Waals surface area contributed by atoms with E-state index in [0.29, 0.717) is 30.3 Å². The summed E-state index contributed by atoms with van der Waals surface area (Å²) in [6.45, 7) is 2.45. The monoisotopic (exact) mass is 272 g/mol. The van der Waals surface area contributed by atoms with Gasteiger partial charge in [0.15, 0.2) is 5.82 Å². The molecule has 0 bridgehead atoms. The van der Waals surface area contributed by atoms with Crippen LogP contribution in [0.2, 0.25) is 0 Å². The van der Waals surface area contributed by atoms with E-state index in [0.717, 1.165) is 5.69 Å². The average Bonchev–Trinajstić information content (AvgIpc) is 2.44. The Balaban J connectivity index is 2.07. The van der Waals surface area contributed by atoms with Gasteiger partial charge in [-0.2, -0.15) is 0 Å². The second-order valence-electron chi connectivity index (χ2n) is 4.36. The molecule has 2 aromatic rings. The molecule has 0 amide bonds. The van der Waals surface area contributed by atoms with Crippen LogP contribution in [0.1, 0.15) is 18.5 Å². The Morgan fingerprint density at radius 3 is 2.90 bits per heavy atom. The van der Waals surface area contributed by atoms with E-state index in [9.17, 15) is 4.79 Å². The van der Waals surface area contributed by atoms with E-state index in [4.69, 9.17) is 5.11 Å². The number of carboxylic acid groups (broad SMARTS) is 1. The van der Waals surface area contributed by atoms with Crippen LogP contribution in [0.25, 0.3) is 11.5 Å². The van der Waals surface area contributed by atoms with Gasteiger partial charge in [0.25, 0.3) is 0 Å². The van der Waals surface area contributed by atoms with Crippen molar-refractivity contribution in [1.29, 1.82) is 0 Å². The van der Waals surface area contributed by atoms with Crippen molar-refractivity contribution in [3.63, 3.8) is 0 Å². The van der Waals surface area contributed by atoms with E-state index in [1.54, 1.807) is 6.20 Å². The number of pyridine rings is 1. The largest absolute Gasteiger partial charge is 0.481 e. The first-order chi connectivity index (χ1) is 9.65. The molecular formula is C14H16N4O2. The highest BCUT2D eigenvalue weighted by atomic mass is 16.4. The van der Waals surface area contributed by atoms with Gasteiger partial charge in [0.1, 0.15) is 11.5 Å². The maximum atomic E-state index is 10.4. The Morgan fingerprint density at radius 2 is 2.20 bits per heavy atom. The predicted molar refractivity (Wildman–Crippen MR) is 75.4 cm³/mol. The molecule has 2 heterocycles. The molecule has 0 aliphatic rings. The lowest BCUT2D eigenvalue weighted by Crippen LogP contribution is -2.07. The molecule has 0 aromatic carbocycles. The minimum atomic E-state index is -0.792. The van der Waals surface area contributed by atoms with Crippen LogP contribution in [0.3, 0.4) is 0 Å². The predicted octanol–water partition coefficient (Wildman–Crippen LogP) is 2.12. The summed E-state index contributed by atoms with van der Waals surface area (Å²) < 4.78 is 0. The van der Waals surface area contributed by atoms with E-state index in [-0.39, 0.29) is 6.42 Å². The number of aliphatic carboxylic acids is 1. The first-order valence-corrected chi connectivity index (χ1v) is 6.38. The summed E-state index contributed by atoms with van der Waals surface area (Å²) in [6, 6.07) is 7.40. The fraction of sp³-hybridized carbons (Fsp3) is 0.286. The maximum absolute atomic E-state index is 10.4. The highest BCUT2D eigenvalue weighted by molar-refractivity contribution is 5.66. The lowest BCUT2D eigenvalue weighted by Gasteiger charge is -2.07. The van der Waals surface area contributed by atoms with E-state index in [1.807, 2.05) is 31.2 Å². The van der Waals surface area contributed by atoms with Gasteiger partial charge in [-0.3, -0.25) is 9.78 Å². The molecule has 0 fully saturated rings. The summed E-state index contributed by atoms with van der Waals surface area (Å²) in [4.78, 5) is 23.4. The van der Waals surface area contributed by atoms with Crippen molar-refractivity contribution in [1.82, 2.24) is 15.0 Å². The smallest absolute Gasteiger partial charge is 0.303 e. The number of aromatic nitrogens is 3. The summed E-state index contributed by atoms with van der Waals surface area (Å²) in [7, 11) is 0. The van der Waals surface area contributed by atoms with Crippen molar-refractivity contribution in [2.24, 2.45) is 0 Å². The molecule has 104 valence electrons. The minimum Gasteiger partial charge on any atom is -0.481 e. The number of aryl methyl sites for hydroxylation is 1. The highest BCUT2D eigenvalue weighted by Crippen LogP contribution is 2.15. The number of hydrogen-bond acceptors (Lipinski definition) is 5. The number of nitrogens with zero attached hydrogens (tertiary/aromatic N) is 3. The van der Waals surface area contributed by atoms with Gasteiger partial charge in [0, 0.05) is 30.9 Å². The molecule has 2 N–H and O–H groups in total. The molecule has 0 radical (unpaired) electrons. The van der Waals surface area contributed by atoms with Gasteiger partial charge in [-0.1, -0.05) is 6.07 Å². The molecule has 20 heavy (non-hydrogen) atoms. The molecule has 6 heteroatoms. The van der Waals surface area contributed by atoms with Crippen molar-refractivity contribution in [2.75, 3.05) is 11.9 Å². The molecule has 2 rings (SSSR count). The third-order valence-electron chi connectivity index (χ3n) is 2.62. The number of carbonyl (C=O) groups is 1. The molecule has 2 aromatic heterocycles. The summed E-state index contributed by atoms with van der Waals surface area (Å²) in [6.07, 6.45) is 2.39. The quantitative estimate of drug-likeness (QED) is 0.783. The Hall–Kier alpha value is -2.50. The number of rotatable bonds is 6. The van der Waals surface area contributed by atoms with Crippen molar-refractivity contribution < 1.29 is 9.90 Å². The Labute approximate surface area is 116 Å². The van der Waals surface area contributed by atoms with Crippen LogP contribution in [0.5, 0.6) is 0 Å². The lowest BCUT2D eigenvalue weighted by molar-refractivity contribution is -0.137. The summed E-state index contributed by atoms with van der Waals surface area (Å²) in [5.41, 5.74) is 1.55. The van der Waals surface area contributed by atoms with Crippen LogP contribution >= 0.6 is 0 Å². The average molecular weight is 272 g/mol. The zero-order chi connectivity index (χ0) is 14.4. The summed E-state index contributed by atoms with van der Waals surface area (Å²) >= 11 is 0. The molecule has 0 aliphatic heterocycles. The third kappa shape index (κ3) is 4.01. The fourth-order valence-electron chi connectivity index (χ4n) is 1.72. The van der Waals surface area contributed by atoms with Crippen LogP contribution in [-0.2, 0) is 4.79 Å². The van der Waals surface area contributed by atoms with Crippen LogP contribution in [0.4, 0.5) is 5.82 Å². The Morgan fingerprint density at radius 1 is 1.35 bits per heavy atom. The standard InChI is InChI=1S/C14H16N4O2/c1-10-9-12(16-8-4-6-13(19)20)18-14(17-10)11-5-2-3-7-15-11/h2-3,5,7,9H,4,6,8H2,1H3,(H,19,20)(H,16,17,18). The van der Waals surface area contributed by atoms with Crippen molar-refractivity contribution in [3.8, 4) is 11.5 Å². The van der Waals surface area contributed by atoms with E-state index in [1.165, 1.54) is 0 Å². The molecule has 0 aliphatic carbocycles. The zero-order valence-corrected chi connectivity index (χ0v) is 11.2. The maximum Gasteiger partial charge on any atom is 0.303 e.